The number of nitrogens with zero attached hydrogens (tertiary/aromatic N) is 1. The maximum atomic E-state index is 14.0. The maximum absolute atomic E-state index is 14.0. The van der Waals surface area contributed by atoms with E-state index in [9.17, 15) is 23.1 Å². The number of hydrogen-bond acceptors (Lipinski definition) is 3. The molecule has 7 heteroatoms. The smallest absolute Gasteiger partial charge is 0.418 e. The van der Waals surface area contributed by atoms with E-state index in [1.807, 2.05) is 68.4 Å². The third-order valence-electron chi connectivity index (χ3n) is 7.51. The molecule has 0 aliphatic carbocycles. The van der Waals surface area contributed by atoms with Crippen molar-refractivity contribution in [2.45, 2.75) is 45.4 Å². The quantitative estimate of drug-likeness (QED) is 0.192. The molecule has 0 fully saturated rings. The van der Waals surface area contributed by atoms with Crippen molar-refractivity contribution in [1.29, 1.82) is 0 Å². The van der Waals surface area contributed by atoms with Crippen molar-refractivity contribution in [3.8, 4) is 28.0 Å². The van der Waals surface area contributed by atoms with Gasteiger partial charge < -0.3 is 9.84 Å². The van der Waals surface area contributed by atoms with Crippen LogP contribution >= 0.6 is 0 Å². The number of hydrogen-bond donors (Lipinski definition) is 1. The van der Waals surface area contributed by atoms with E-state index < -0.39 is 23.6 Å². The highest BCUT2D eigenvalue weighted by molar-refractivity contribution is 6.03. The lowest BCUT2D eigenvalue weighted by atomic mass is 9.89. The van der Waals surface area contributed by atoms with E-state index in [1.165, 1.54) is 12.3 Å². The summed E-state index contributed by atoms with van der Waals surface area (Å²) in [6.07, 6.45) is -1.76. The fraction of sp³-hybridized carbons (Fsp3) is 0.200. The number of halogens is 3. The molecule has 1 unspecified atom stereocenters. The van der Waals surface area contributed by atoms with Gasteiger partial charge >= 0.3 is 12.1 Å². The van der Waals surface area contributed by atoms with E-state index in [1.54, 1.807) is 24.3 Å². The molecule has 4 nitrogen and oxygen atoms in total. The molecule has 214 valence electrons. The molecule has 1 aromatic heterocycles. The fourth-order valence-corrected chi connectivity index (χ4v) is 5.37. The molecular formula is C35H30F3NO3. The zero-order valence-corrected chi connectivity index (χ0v) is 23.3. The Labute approximate surface area is 242 Å². The van der Waals surface area contributed by atoms with Crippen molar-refractivity contribution in [2.75, 3.05) is 0 Å². The summed E-state index contributed by atoms with van der Waals surface area (Å²) in [5.41, 5.74) is 4.82. The summed E-state index contributed by atoms with van der Waals surface area (Å²) in [6.45, 7) is 4.12. The van der Waals surface area contributed by atoms with Crippen LogP contribution in [0.5, 0.6) is 5.75 Å². The van der Waals surface area contributed by atoms with Gasteiger partial charge in [0, 0.05) is 22.7 Å². The number of alkyl halides is 3. The van der Waals surface area contributed by atoms with E-state index >= 15 is 0 Å². The second-order valence-electron chi connectivity index (χ2n) is 10.1. The molecule has 1 N–H and O–H groups in total. The van der Waals surface area contributed by atoms with Crippen LogP contribution in [0.3, 0.4) is 0 Å². The van der Waals surface area contributed by atoms with Crippen LogP contribution in [0.25, 0.3) is 33.2 Å². The third kappa shape index (κ3) is 5.86. The summed E-state index contributed by atoms with van der Waals surface area (Å²) in [5.74, 6) is -0.859. The molecule has 5 rings (SSSR count). The van der Waals surface area contributed by atoms with E-state index in [0.717, 1.165) is 40.3 Å². The Balaban J connectivity index is 1.56. The Hall–Kier alpha value is -4.65. The first-order valence-electron chi connectivity index (χ1n) is 13.8. The van der Waals surface area contributed by atoms with Crippen LogP contribution < -0.4 is 4.74 Å². The lowest BCUT2D eigenvalue weighted by molar-refractivity contribution is -0.139. The number of aliphatic carboxylic acids is 1. The van der Waals surface area contributed by atoms with Gasteiger partial charge in [-0.3, -0.25) is 9.78 Å². The first-order chi connectivity index (χ1) is 20.2. The van der Waals surface area contributed by atoms with Crippen molar-refractivity contribution < 1.29 is 27.8 Å². The van der Waals surface area contributed by atoms with Crippen LogP contribution in [-0.4, -0.2) is 16.1 Å². The van der Waals surface area contributed by atoms with E-state index in [-0.39, 0.29) is 12.1 Å². The molecular weight excluding hydrogens is 539 g/mol. The zero-order valence-electron chi connectivity index (χ0n) is 23.3. The van der Waals surface area contributed by atoms with Gasteiger partial charge in [0.2, 0.25) is 0 Å². The van der Waals surface area contributed by atoms with Gasteiger partial charge in [0.05, 0.1) is 17.0 Å². The van der Waals surface area contributed by atoms with Crippen LogP contribution in [0.4, 0.5) is 13.2 Å². The monoisotopic (exact) mass is 569 g/mol. The Bertz CT molecular complexity index is 1730. The lowest BCUT2D eigenvalue weighted by Gasteiger charge is -2.18. The van der Waals surface area contributed by atoms with Gasteiger partial charge in [0.1, 0.15) is 12.4 Å². The number of para-hydroxylation sites is 1. The SMILES string of the molecule is CCc1ccccc1-c1cnc2c(C(F)(F)F)cccc2c1-c1cccc(OCc2ccc(C(CC)C(=O)O)cc2)c1. The number of carbonyl (C=O) groups is 1. The molecule has 4 aromatic carbocycles. The Kier molecular flexibility index (Phi) is 8.29. The maximum Gasteiger partial charge on any atom is 0.418 e. The molecule has 42 heavy (non-hydrogen) atoms. The number of carboxylic acid groups (broad SMARTS) is 1. The standard InChI is InChI=1S/C35H30F3NO3/c1-3-23-9-5-6-12-28(23)30-20-39-33-29(13-8-14-31(33)35(36,37)38)32(30)25-10-7-11-26(19-25)42-21-22-15-17-24(18-16-22)27(4-2)34(40)41/h5-20,27H,3-4,21H2,1-2H3,(H,40,41). The summed E-state index contributed by atoms with van der Waals surface area (Å²) >= 11 is 0. The average Bonchev–Trinajstić information content (AvgIpc) is 2.99. The minimum atomic E-state index is -4.55. The topological polar surface area (TPSA) is 59.4 Å². The molecule has 0 amide bonds. The average molecular weight is 570 g/mol. The normalized spacial score (nSPS) is 12.3. The van der Waals surface area contributed by atoms with E-state index in [4.69, 9.17) is 4.74 Å². The number of ether oxygens (including phenoxy) is 1. The summed E-state index contributed by atoms with van der Waals surface area (Å²) in [5, 5.41) is 9.83. The van der Waals surface area contributed by atoms with Crippen LogP contribution in [0, 0.1) is 0 Å². The number of benzene rings is 4. The fourth-order valence-electron chi connectivity index (χ4n) is 5.37. The largest absolute Gasteiger partial charge is 0.489 e. The molecule has 0 aliphatic rings. The van der Waals surface area contributed by atoms with Crippen molar-refractivity contribution in [2.24, 2.45) is 0 Å². The Morgan fingerprint density at radius 2 is 1.64 bits per heavy atom. The second-order valence-corrected chi connectivity index (χ2v) is 10.1. The highest BCUT2D eigenvalue weighted by Gasteiger charge is 2.34. The van der Waals surface area contributed by atoms with Gasteiger partial charge in [-0.1, -0.05) is 86.6 Å². The number of aryl methyl sites for hydroxylation is 1. The van der Waals surface area contributed by atoms with Crippen molar-refractivity contribution in [1.82, 2.24) is 4.98 Å². The predicted molar refractivity (Wildman–Crippen MR) is 158 cm³/mol. The molecule has 1 heterocycles. The van der Waals surface area contributed by atoms with Crippen molar-refractivity contribution in [3.05, 3.63) is 119 Å². The van der Waals surface area contributed by atoms with Gasteiger partial charge in [-0.2, -0.15) is 13.2 Å². The predicted octanol–water partition coefficient (Wildman–Crippen LogP) is 9.31. The van der Waals surface area contributed by atoms with Crippen LogP contribution in [0.15, 0.2) is 97.2 Å². The van der Waals surface area contributed by atoms with Crippen molar-refractivity contribution >= 4 is 16.9 Å². The number of fused-ring (bicyclic) bond motifs is 1. The molecule has 0 spiro atoms. The molecule has 5 aromatic rings. The van der Waals surface area contributed by atoms with Crippen LogP contribution in [-0.2, 0) is 24.0 Å². The first kappa shape index (κ1) is 28.9. The third-order valence-corrected chi connectivity index (χ3v) is 7.51. The summed E-state index contributed by atoms with van der Waals surface area (Å²) in [4.78, 5) is 15.8. The summed E-state index contributed by atoms with van der Waals surface area (Å²) < 4.78 is 48.0. The number of rotatable bonds is 9. The lowest BCUT2D eigenvalue weighted by Crippen LogP contribution is -2.10. The van der Waals surface area contributed by atoms with Crippen LogP contribution in [0.2, 0.25) is 0 Å². The molecule has 1 atom stereocenters. The summed E-state index contributed by atoms with van der Waals surface area (Å²) in [6, 6.07) is 26.6. The Morgan fingerprint density at radius 3 is 2.33 bits per heavy atom. The van der Waals surface area contributed by atoms with Crippen LogP contribution in [0.1, 0.15) is 48.4 Å². The van der Waals surface area contributed by atoms with Gasteiger partial charge in [-0.05, 0) is 58.9 Å². The highest BCUT2D eigenvalue weighted by Crippen LogP contribution is 2.42. The van der Waals surface area contributed by atoms with E-state index in [0.29, 0.717) is 28.7 Å². The first-order valence-corrected chi connectivity index (χ1v) is 13.8. The molecule has 0 aliphatic heterocycles. The van der Waals surface area contributed by atoms with Crippen molar-refractivity contribution in [3.63, 3.8) is 0 Å². The van der Waals surface area contributed by atoms with Gasteiger partial charge in [-0.15, -0.1) is 0 Å². The van der Waals surface area contributed by atoms with Gasteiger partial charge in [0.15, 0.2) is 0 Å². The minimum Gasteiger partial charge on any atom is -0.489 e. The summed E-state index contributed by atoms with van der Waals surface area (Å²) in [7, 11) is 0. The zero-order chi connectivity index (χ0) is 29.9. The number of carboxylic acids is 1. The minimum absolute atomic E-state index is 0.101. The Morgan fingerprint density at radius 1 is 0.905 bits per heavy atom. The van der Waals surface area contributed by atoms with Gasteiger partial charge in [0.25, 0.3) is 0 Å². The molecule has 0 radical (unpaired) electrons. The number of pyridine rings is 1. The van der Waals surface area contributed by atoms with Gasteiger partial charge in [-0.25, -0.2) is 0 Å². The molecule has 0 saturated carbocycles. The molecule has 0 saturated heterocycles. The molecule has 0 bridgehead atoms. The van der Waals surface area contributed by atoms with E-state index in [2.05, 4.69) is 4.98 Å². The second kappa shape index (κ2) is 12.1. The number of aromatic nitrogens is 1. The highest BCUT2D eigenvalue weighted by atomic mass is 19.4.